The van der Waals surface area contributed by atoms with E-state index >= 15 is 0 Å². The van der Waals surface area contributed by atoms with E-state index in [-0.39, 0.29) is 18.0 Å². The highest BCUT2D eigenvalue weighted by Gasteiger charge is 2.41. The zero-order valence-electron chi connectivity index (χ0n) is 12.2. The van der Waals surface area contributed by atoms with E-state index in [4.69, 9.17) is 0 Å². The molecule has 0 radical (unpaired) electrons. The number of aryl methyl sites for hydroxylation is 1. The number of halogens is 2. The van der Waals surface area contributed by atoms with Crippen molar-refractivity contribution in [2.24, 2.45) is 7.05 Å². The molecule has 0 aliphatic carbocycles. The van der Waals surface area contributed by atoms with Gasteiger partial charge in [0.25, 0.3) is 10.0 Å². The normalized spacial score (nSPS) is 22.6. The molecule has 2 heterocycles. The third-order valence-electron chi connectivity index (χ3n) is 3.91. The van der Waals surface area contributed by atoms with Gasteiger partial charge < -0.3 is 5.11 Å². The van der Waals surface area contributed by atoms with Crippen LogP contribution < -0.4 is 0 Å². The Hall–Kier alpha value is -1.84. The maximum absolute atomic E-state index is 13.5. The van der Waals surface area contributed by atoms with Gasteiger partial charge in [-0.3, -0.25) is 4.68 Å². The van der Waals surface area contributed by atoms with Crippen LogP contribution >= 0.6 is 0 Å². The SMILES string of the molecule is Cn1nccc1S(=O)(=O)N1C[C@H](O)C[C@H]1c1ccc(F)c(F)c1. The summed E-state index contributed by atoms with van der Waals surface area (Å²) in [6.45, 7) is -0.114. The molecule has 1 aliphatic rings. The number of β-amino-alcohol motifs (C(OH)–C–C–N with tert-alkyl or cyclic N) is 1. The molecule has 0 unspecified atom stereocenters. The molecule has 0 amide bonds. The second-order valence-electron chi connectivity index (χ2n) is 5.45. The fraction of sp³-hybridized carbons (Fsp3) is 0.357. The van der Waals surface area contributed by atoms with Crippen LogP contribution in [-0.2, 0) is 17.1 Å². The van der Waals surface area contributed by atoms with Crippen LogP contribution in [0.2, 0.25) is 0 Å². The van der Waals surface area contributed by atoms with Crippen LogP contribution in [0.5, 0.6) is 0 Å². The summed E-state index contributed by atoms with van der Waals surface area (Å²) in [5, 5.41) is 13.7. The van der Waals surface area contributed by atoms with Gasteiger partial charge in [-0.05, 0) is 30.2 Å². The molecule has 23 heavy (non-hydrogen) atoms. The number of sulfonamides is 1. The van der Waals surface area contributed by atoms with E-state index in [1.165, 1.54) is 30.1 Å². The maximum atomic E-state index is 13.5. The predicted octanol–water partition coefficient (Wildman–Crippen LogP) is 1.19. The summed E-state index contributed by atoms with van der Waals surface area (Å²) in [5.74, 6) is -2.06. The lowest BCUT2D eigenvalue weighted by atomic mass is 10.0. The number of aromatic nitrogens is 2. The molecule has 0 saturated carbocycles. The highest BCUT2D eigenvalue weighted by Crippen LogP contribution is 2.37. The number of benzene rings is 1. The van der Waals surface area contributed by atoms with Crippen LogP contribution in [0.25, 0.3) is 0 Å². The first kappa shape index (κ1) is 16.0. The van der Waals surface area contributed by atoms with Crippen molar-refractivity contribution in [3.8, 4) is 0 Å². The number of hydrogen-bond donors (Lipinski definition) is 1. The Labute approximate surface area is 132 Å². The number of hydrogen-bond acceptors (Lipinski definition) is 4. The van der Waals surface area contributed by atoms with Crippen molar-refractivity contribution in [2.45, 2.75) is 23.6 Å². The molecule has 1 saturated heterocycles. The Bertz CT molecular complexity index is 838. The third kappa shape index (κ3) is 2.75. The molecule has 6 nitrogen and oxygen atoms in total. The van der Waals surface area contributed by atoms with E-state index in [0.29, 0.717) is 5.56 Å². The second-order valence-corrected chi connectivity index (χ2v) is 7.28. The van der Waals surface area contributed by atoms with E-state index in [1.807, 2.05) is 0 Å². The molecular weight excluding hydrogens is 328 g/mol. The Morgan fingerprint density at radius 3 is 2.61 bits per heavy atom. The topological polar surface area (TPSA) is 75.4 Å². The Balaban J connectivity index is 2.03. The van der Waals surface area contributed by atoms with Gasteiger partial charge in [-0.15, -0.1) is 0 Å². The Morgan fingerprint density at radius 1 is 1.26 bits per heavy atom. The molecule has 2 atom stereocenters. The molecule has 3 rings (SSSR count). The minimum Gasteiger partial charge on any atom is -0.392 e. The first-order chi connectivity index (χ1) is 10.8. The Kier molecular flexibility index (Phi) is 3.95. The molecule has 1 aromatic carbocycles. The minimum atomic E-state index is -3.92. The summed E-state index contributed by atoms with van der Waals surface area (Å²) < 4.78 is 54.4. The van der Waals surface area contributed by atoms with E-state index < -0.39 is 33.8 Å². The van der Waals surface area contributed by atoms with Crippen molar-refractivity contribution in [3.05, 3.63) is 47.7 Å². The Morgan fingerprint density at radius 2 is 2.00 bits per heavy atom. The quantitative estimate of drug-likeness (QED) is 0.909. The average molecular weight is 343 g/mol. The molecule has 1 N–H and O–H groups in total. The van der Waals surface area contributed by atoms with Crippen molar-refractivity contribution in [2.75, 3.05) is 6.54 Å². The summed E-state index contributed by atoms with van der Waals surface area (Å²) in [6.07, 6.45) is 0.588. The highest BCUT2D eigenvalue weighted by atomic mass is 32.2. The molecular formula is C14H15F2N3O3S. The van der Waals surface area contributed by atoms with Gasteiger partial charge in [0, 0.05) is 13.6 Å². The molecule has 0 spiro atoms. The van der Waals surface area contributed by atoms with Crippen LogP contribution in [0.1, 0.15) is 18.0 Å². The number of aliphatic hydroxyl groups excluding tert-OH is 1. The number of rotatable bonds is 3. The zero-order valence-corrected chi connectivity index (χ0v) is 13.0. The third-order valence-corrected chi connectivity index (χ3v) is 5.86. The molecule has 1 aliphatic heterocycles. The van der Waals surface area contributed by atoms with Gasteiger partial charge in [0.05, 0.1) is 18.3 Å². The van der Waals surface area contributed by atoms with Crippen LogP contribution in [0.4, 0.5) is 8.78 Å². The van der Waals surface area contributed by atoms with E-state index in [2.05, 4.69) is 5.10 Å². The monoisotopic (exact) mass is 343 g/mol. The zero-order chi connectivity index (χ0) is 16.8. The number of aliphatic hydroxyl groups is 1. The molecule has 9 heteroatoms. The van der Waals surface area contributed by atoms with Gasteiger partial charge in [0.2, 0.25) is 0 Å². The van der Waals surface area contributed by atoms with Crippen molar-refractivity contribution >= 4 is 10.0 Å². The number of nitrogens with zero attached hydrogens (tertiary/aromatic N) is 3. The van der Waals surface area contributed by atoms with E-state index in [1.54, 1.807) is 0 Å². The van der Waals surface area contributed by atoms with Crippen molar-refractivity contribution in [1.29, 1.82) is 0 Å². The molecule has 2 aromatic rings. The lowest BCUT2D eigenvalue weighted by Crippen LogP contribution is -2.33. The van der Waals surface area contributed by atoms with Gasteiger partial charge in [0.15, 0.2) is 16.7 Å². The largest absolute Gasteiger partial charge is 0.392 e. The maximum Gasteiger partial charge on any atom is 0.260 e. The van der Waals surface area contributed by atoms with Crippen LogP contribution in [0, 0.1) is 11.6 Å². The summed E-state index contributed by atoms with van der Waals surface area (Å²) in [4.78, 5) is 0. The fourth-order valence-corrected chi connectivity index (χ4v) is 4.57. The summed E-state index contributed by atoms with van der Waals surface area (Å²) in [6, 6.07) is 3.82. The first-order valence-electron chi connectivity index (χ1n) is 6.93. The van der Waals surface area contributed by atoms with E-state index in [9.17, 15) is 22.3 Å². The van der Waals surface area contributed by atoms with Crippen molar-refractivity contribution in [3.63, 3.8) is 0 Å². The minimum absolute atomic E-state index is 0.0285. The van der Waals surface area contributed by atoms with Gasteiger partial charge in [-0.1, -0.05) is 6.07 Å². The van der Waals surface area contributed by atoms with Crippen LogP contribution in [0.15, 0.2) is 35.5 Å². The highest BCUT2D eigenvalue weighted by molar-refractivity contribution is 7.89. The van der Waals surface area contributed by atoms with Crippen molar-refractivity contribution < 1.29 is 22.3 Å². The lowest BCUT2D eigenvalue weighted by Gasteiger charge is -2.24. The molecule has 1 aromatic heterocycles. The van der Waals surface area contributed by atoms with Gasteiger partial charge in [0.1, 0.15) is 0 Å². The van der Waals surface area contributed by atoms with Gasteiger partial charge in [-0.2, -0.15) is 9.40 Å². The summed E-state index contributed by atoms with van der Waals surface area (Å²) in [5.41, 5.74) is 0.297. The predicted molar refractivity (Wildman–Crippen MR) is 76.8 cm³/mol. The molecule has 1 fully saturated rings. The van der Waals surface area contributed by atoms with Crippen molar-refractivity contribution in [1.82, 2.24) is 14.1 Å². The fourth-order valence-electron chi connectivity index (χ4n) is 2.81. The summed E-state index contributed by atoms with van der Waals surface area (Å²) in [7, 11) is -2.43. The smallest absolute Gasteiger partial charge is 0.260 e. The first-order valence-corrected chi connectivity index (χ1v) is 8.37. The van der Waals surface area contributed by atoms with Gasteiger partial charge in [-0.25, -0.2) is 17.2 Å². The van der Waals surface area contributed by atoms with Crippen LogP contribution in [0.3, 0.4) is 0 Å². The molecule has 124 valence electrons. The van der Waals surface area contributed by atoms with Gasteiger partial charge >= 0.3 is 0 Å². The summed E-state index contributed by atoms with van der Waals surface area (Å²) >= 11 is 0. The standard InChI is InChI=1S/C14H15F2N3O3S/c1-18-14(4-5-17-18)23(21,22)19-8-10(20)7-13(19)9-2-3-11(15)12(16)6-9/h2-6,10,13,20H,7-8H2,1H3/t10-,13+/m1/s1. The molecule has 0 bridgehead atoms. The second kappa shape index (κ2) is 5.66. The lowest BCUT2D eigenvalue weighted by molar-refractivity contribution is 0.188. The van der Waals surface area contributed by atoms with Crippen LogP contribution in [-0.4, -0.2) is 40.3 Å². The average Bonchev–Trinajstić information content (AvgIpc) is 3.08. The van der Waals surface area contributed by atoms with E-state index in [0.717, 1.165) is 16.4 Å².